The van der Waals surface area contributed by atoms with E-state index in [9.17, 15) is 4.79 Å². The third kappa shape index (κ3) is 5.58. The zero-order valence-corrected chi connectivity index (χ0v) is 18.6. The zero-order chi connectivity index (χ0) is 23.2. The number of hydrogen-bond donors (Lipinski definition) is 3. The number of carbonyl (C=O) groups excluding carboxylic acids is 1. The number of hydrogen-bond acceptors (Lipinski definition) is 5. The number of para-hydroxylation sites is 1. The van der Waals surface area contributed by atoms with Crippen LogP contribution in [0.4, 0.5) is 10.5 Å². The average Bonchev–Trinajstić information content (AvgIpc) is 3.46. The fourth-order valence-electron chi connectivity index (χ4n) is 4.18. The summed E-state index contributed by atoms with van der Waals surface area (Å²) in [5.74, 6) is 0.0825. The van der Waals surface area contributed by atoms with E-state index in [-0.39, 0.29) is 6.03 Å². The highest BCUT2D eigenvalue weighted by atomic mass is 16.4. The quantitative estimate of drug-likeness (QED) is 0.564. The Kier molecular flexibility index (Phi) is 7.04. The molecule has 1 fully saturated rings. The number of nitrogens with one attached hydrogen (secondary N) is 2. The molecule has 5 rings (SSSR count). The number of carboxylic acids is 1. The van der Waals surface area contributed by atoms with Crippen LogP contribution in [0.25, 0.3) is 11.5 Å². The first kappa shape index (κ1) is 22.5. The number of rotatable bonds is 3. The van der Waals surface area contributed by atoms with Gasteiger partial charge in [0.05, 0.1) is 12.2 Å². The lowest BCUT2D eigenvalue weighted by Crippen LogP contribution is -2.41. The van der Waals surface area contributed by atoms with Gasteiger partial charge < -0.3 is 25.2 Å². The number of piperidine rings is 1. The molecule has 2 aromatic heterocycles. The lowest BCUT2D eigenvalue weighted by Gasteiger charge is -2.33. The van der Waals surface area contributed by atoms with E-state index in [0.29, 0.717) is 6.04 Å². The van der Waals surface area contributed by atoms with Crippen LogP contribution in [0, 0.1) is 0 Å². The molecule has 4 heterocycles. The van der Waals surface area contributed by atoms with Crippen LogP contribution in [0.15, 0.2) is 48.8 Å². The first-order chi connectivity index (χ1) is 16.0. The van der Waals surface area contributed by atoms with Crippen LogP contribution < -0.4 is 10.6 Å². The second-order valence-electron chi connectivity index (χ2n) is 8.11. The van der Waals surface area contributed by atoms with E-state index in [1.54, 1.807) is 0 Å². The number of fused-ring (bicyclic) bond motifs is 1. The first-order valence-electron chi connectivity index (χ1n) is 11.1. The van der Waals surface area contributed by atoms with E-state index >= 15 is 0 Å². The highest BCUT2D eigenvalue weighted by Gasteiger charge is 2.26. The van der Waals surface area contributed by atoms with Crippen LogP contribution in [0.3, 0.4) is 0 Å². The van der Waals surface area contributed by atoms with Gasteiger partial charge >= 0.3 is 6.03 Å². The maximum absolute atomic E-state index is 12.5. The van der Waals surface area contributed by atoms with Gasteiger partial charge in [-0.1, -0.05) is 18.2 Å². The lowest BCUT2D eigenvalue weighted by atomic mass is 10.0. The minimum absolute atomic E-state index is 0.0326. The van der Waals surface area contributed by atoms with E-state index in [4.69, 9.17) is 15.0 Å². The Morgan fingerprint density at radius 1 is 1.15 bits per heavy atom. The molecule has 0 bridgehead atoms. The van der Waals surface area contributed by atoms with Gasteiger partial charge in [0.15, 0.2) is 5.82 Å². The van der Waals surface area contributed by atoms with E-state index < -0.39 is 5.97 Å². The van der Waals surface area contributed by atoms with Crippen molar-refractivity contribution in [2.45, 2.75) is 38.9 Å². The second-order valence-corrected chi connectivity index (χ2v) is 8.11. The molecular formula is C23H29N7O3. The minimum Gasteiger partial charge on any atom is -0.481 e. The topological polar surface area (TPSA) is 117 Å². The van der Waals surface area contributed by atoms with Gasteiger partial charge in [0, 0.05) is 57.2 Å². The number of nitrogens with zero attached hydrogens (tertiary/aromatic N) is 5. The third-order valence-corrected chi connectivity index (χ3v) is 5.74. The number of aromatic nitrogens is 4. The predicted octanol–water partition coefficient (Wildman–Crippen LogP) is 2.81. The van der Waals surface area contributed by atoms with Crippen LogP contribution in [-0.2, 0) is 17.9 Å². The molecule has 2 aliphatic heterocycles. The number of likely N-dealkylation sites (tertiary alicyclic amines) is 1. The van der Waals surface area contributed by atoms with Crippen molar-refractivity contribution in [2.75, 3.05) is 25.0 Å². The normalized spacial score (nSPS) is 15.8. The van der Waals surface area contributed by atoms with Crippen molar-refractivity contribution in [3.05, 3.63) is 54.5 Å². The van der Waals surface area contributed by atoms with Crippen molar-refractivity contribution in [2.24, 2.45) is 0 Å². The molecule has 3 N–H and O–H groups in total. The SMILES string of the molecule is CC(=O)O.O=C(Nc1ccccc1)N1CCC(n2ccnc2-c2cc3n(n2)CCNC3)CC1. The maximum atomic E-state index is 12.5. The number of carbonyl (C=O) groups is 2. The smallest absolute Gasteiger partial charge is 0.321 e. The molecule has 0 unspecified atom stereocenters. The van der Waals surface area contributed by atoms with Gasteiger partial charge in [0.2, 0.25) is 0 Å². The summed E-state index contributed by atoms with van der Waals surface area (Å²) in [6, 6.07) is 12.0. The Morgan fingerprint density at radius 2 is 1.88 bits per heavy atom. The number of amides is 2. The Morgan fingerprint density at radius 3 is 2.58 bits per heavy atom. The summed E-state index contributed by atoms with van der Waals surface area (Å²) in [5, 5.41) is 18.5. The standard InChI is InChI=1S/C21H25N7O.C2H4O2/c29-21(24-16-4-2-1-3-5-16)26-10-6-17(7-11-26)27-12-9-23-20(27)19-14-18-15-22-8-13-28(18)25-19;1-2(3)4/h1-5,9,12,14,17,22H,6-8,10-11,13,15H2,(H,24,29);1H3,(H,3,4). The van der Waals surface area contributed by atoms with E-state index in [1.807, 2.05) is 47.6 Å². The summed E-state index contributed by atoms with van der Waals surface area (Å²) in [6.07, 6.45) is 5.69. The molecule has 0 atom stereocenters. The Hall–Kier alpha value is -3.66. The van der Waals surface area contributed by atoms with Gasteiger partial charge in [0.1, 0.15) is 5.69 Å². The molecule has 0 saturated carbocycles. The van der Waals surface area contributed by atoms with Crippen molar-refractivity contribution in [3.63, 3.8) is 0 Å². The molecule has 33 heavy (non-hydrogen) atoms. The van der Waals surface area contributed by atoms with E-state index in [1.165, 1.54) is 5.69 Å². The summed E-state index contributed by atoms with van der Waals surface area (Å²) in [5.41, 5.74) is 2.96. The monoisotopic (exact) mass is 451 g/mol. The summed E-state index contributed by atoms with van der Waals surface area (Å²) in [7, 11) is 0. The number of carboxylic acid groups (broad SMARTS) is 1. The molecule has 3 aromatic rings. The molecule has 1 aromatic carbocycles. The molecule has 2 amide bonds. The first-order valence-corrected chi connectivity index (χ1v) is 11.1. The van der Waals surface area contributed by atoms with Gasteiger partial charge in [-0.05, 0) is 31.0 Å². The van der Waals surface area contributed by atoms with Crippen LogP contribution in [0.1, 0.15) is 31.5 Å². The molecule has 2 aliphatic rings. The largest absolute Gasteiger partial charge is 0.481 e. The fraction of sp³-hybridized carbons (Fsp3) is 0.391. The highest BCUT2D eigenvalue weighted by Crippen LogP contribution is 2.28. The predicted molar refractivity (Wildman–Crippen MR) is 124 cm³/mol. The van der Waals surface area contributed by atoms with Crippen molar-refractivity contribution in [1.82, 2.24) is 29.5 Å². The molecular weight excluding hydrogens is 422 g/mol. The van der Waals surface area contributed by atoms with Crippen LogP contribution in [-0.4, -0.2) is 61.0 Å². The van der Waals surface area contributed by atoms with Crippen LogP contribution in [0.5, 0.6) is 0 Å². The van der Waals surface area contributed by atoms with E-state index in [2.05, 4.69) is 30.9 Å². The van der Waals surface area contributed by atoms with Crippen molar-refractivity contribution in [1.29, 1.82) is 0 Å². The highest BCUT2D eigenvalue weighted by molar-refractivity contribution is 5.89. The molecule has 174 valence electrons. The van der Waals surface area contributed by atoms with Gasteiger partial charge in [0.25, 0.3) is 5.97 Å². The number of urea groups is 1. The molecule has 10 nitrogen and oxygen atoms in total. The zero-order valence-electron chi connectivity index (χ0n) is 18.6. The van der Waals surface area contributed by atoms with Crippen molar-refractivity contribution >= 4 is 17.7 Å². The van der Waals surface area contributed by atoms with E-state index in [0.717, 1.165) is 69.7 Å². The molecule has 0 spiro atoms. The van der Waals surface area contributed by atoms with Gasteiger partial charge in [-0.25, -0.2) is 9.78 Å². The summed E-state index contributed by atoms with van der Waals surface area (Å²) in [6.45, 7) is 5.23. The van der Waals surface area contributed by atoms with Crippen molar-refractivity contribution in [3.8, 4) is 11.5 Å². The van der Waals surface area contributed by atoms with Gasteiger partial charge in [-0.15, -0.1) is 0 Å². The maximum Gasteiger partial charge on any atom is 0.321 e. The Balaban J connectivity index is 0.000000601. The Bertz CT molecular complexity index is 1060. The summed E-state index contributed by atoms with van der Waals surface area (Å²) < 4.78 is 4.30. The molecule has 0 aliphatic carbocycles. The van der Waals surface area contributed by atoms with Gasteiger partial charge in [-0.2, -0.15) is 5.10 Å². The molecule has 0 radical (unpaired) electrons. The minimum atomic E-state index is -0.833. The van der Waals surface area contributed by atoms with Crippen molar-refractivity contribution < 1.29 is 14.7 Å². The molecule has 1 saturated heterocycles. The van der Waals surface area contributed by atoms with Crippen LogP contribution >= 0.6 is 0 Å². The molecule has 10 heteroatoms. The lowest BCUT2D eigenvalue weighted by molar-refractivity contribution is -0.134. The summed E-state index contributed by atoms with van der Waals surface area (Å²) in [4.78, 5) is 28.0. The third-order valence-electron chi connectivity index (χ3n) is 5.74. The number of anilines is 1. The second kappa shape index (κ2) is 10.3. The number of imidazole rings is 1. The Labute approximate surface area is 192 Å². The average molecular weight is 452 g/mol. The van der Waals surface area contributed by atoms with Crippen LogP contribution in [0.2, 0.25) is 0 Å². The number of benzene rings is 1. The fourth-order valence-corrected chi connectivity index (χ4v) is 4.18. The number of aliphatic carboxylic acids is 1. The summed E-state index contributed by atoms with van der Waals surface area (Å²) >= 11 is 0. The van der Waals surface area contributed by atoms with Gasteiger partial charge in [-0.3, -0.25) is 9.48 Å².